The van der Waals surface area contributed by atoms with Gasteiger partial charge in [-0.25, -0.2) is 4.68 Å². The van der Waals surface area contributed by atoms with Crippen LogP contribution < -0.4 is 19.3 Å². The summed E-state index contributed by atoms with van der Waals surface area (Å²) in [5.74, 6) is 2.51. The van der Waals surface area contributed by atoms with E-state index in [2.05, 4.69) is 28.6 Å². The number of likely N-dealkylation sites (N-methyl/N-ethyl adjacent to an activating group) is 1. The van der Waals surface area contributed by atoms with E-state index in [4.69, 9.17) is 14.2 Å². The zero-order chi connectivity index (χ0) is 20.2. The van der Waals surface area contributed by atoms with E-state index in [-0.39, 0.29) is 12.1 Å². The molecule has 0 amide bonds. The van der Waals surface area contributed by atoms with Gasteiger partial charge in [-0.1, -0.05) is 0 Å². The second-order valence-corrected chi connectivity index (χ2v) is 8.01. The lowest BCUT2D eigenvalue weighted by Crippen LogP contribution is -3.27. The number of hydrogen-bond donors (Lipinski definition) is 2. The zero-order valence-electron chi connectivity index (χ0n) is 17.6. The first-order valence-corrected chi connectivity index (χ1v) is 10.4. The molecule has 2 aromatic rings. The minimum atomic E-state index is -0.0236. The lowest BCUT2D eigenvalue weighted by Gasteiger charge is -2.33. The van der Waals surface area contributed by atoms with E-state index < -0.39 is 0 Å². The molecule has 9 heteroatoms. The van der Waals surface area contributed by atoms with Crippen LogP contribution in [-0.2, 0) is 11.3 Å². The molecule has 0 radical (unpaired) electrons. The summed E-state index contributed by atoms with van der Waals surface area (Å²) in [6.45, 7) is 5.83. The van der Waals surface area contributed by atoms with Gasteiger partial charge in [-0.05, 0) is 41.5 Å². The molecule has 2 atom stereocenters. The van der Waals surface area contributed by atoms with E-state index >= 15 is 0 Å². The first-order valence-electron chi connectivity index (χ1n) is 10.4. The highest BCUT2D eigenvalue weighted by molar-refractivity contribution is 5.43. The second kappa shape index (κ2) is 9.06. The highest BCUT2D eigenvalue weighted by Gasteiger charge is 2.37. The normalized spacial score (nSPS) is 25.7. The van der Waals surface area contributed by atoms with Crippen LogP contribution in [0.1, 0.15) is 30.3 Å². The standard InChI is InChI=1S/C20H30N6O3/c1-24-8-10-25(11-9-24)19(17-13-15(27-2)6-7-18(17)28-3)20-21-22-23-26(20)14-16-5-4-12-29-16/h6-7,13,16,19H,4-5,8-12,14H2,1-3H3/p+2/t16-,19-/m0/s1. The van der Waals surface area contributed by atoms with Crippen LogP contribution in [0.25, 0.3) is 0 Å². The molecule has 2 N–H and O–H groups in total. The number of nitrogens with one attached hydrogen (secondary N) is 2. The van der Waals surface area contributed by atoms with Gasteiger partial charge in [0.1, 0.15) is 37.7 Å². The Hall–Kier alpha value is -2.23. The predicted molar refractivity (Wildman–Crippen MR) is 105 cm³/mol. The van der Waals surface area contributed by atoms with E-state index in [1.165, 1.54) is 4.90 Å². The molecule has 1 aromatic heterocycles. The molecule has 0 aliphatic carbocycles. The van der Waals surface area contributed by atoms with Gasteiger partial charge < -0.3 is 24.0 Å². The van der Waals surface area contributed by atoms with Crippen molar-refractivity contribution < 1.29 is 24.0 Å². The Bertz CT molecular complexity index is 799. The maximum atomic E-state index is 5.84. The fourth-order valence-corrected chi connectivity index (χ4v) is 4.42. The van der Waals surface area contributed by atoms with Gasteiger partial charge in [-0.3, -0.25) is 0 Å². The number of ether oxygens (including phenoxy) is 3. The Morgan fingerprint density at radius 3 is 2.72 bits per heavy atom. The third-order valence-corrected chi connectivity index (χ3v) is 6.12. The number of piperazine rings is 1. The van der Waals surface area contributed by atoms with E-state index in [0.29, 0.717) is 6.54 Å². The third kappa shape index (κ3) is 4.36. The average molecular weight is 405 g/mol. The van der Waals surface area contributed by atoms with Gasteiger partial charge in [0, 0.05) is 6.61 Å². The quantitative estimate of drug-likeness (QED) is 0.577. The Labute approximate surface area is 171 Å². The van der Waals surface area contributed by atoms with Gasteiger partial charge in [0.15, 0.2) is 6.04 Å². The van der Waals surface area contributed by atoms with Crippen LogP contribution >= 0.6 is 0 Å². The molecule has 4 rings (SSSR count). The number of hydrogen-bond acceptors (Lipinski definition) is 6. The monoisotopic (exact) mass is 404 g/mol. The van der Waals surface area contributed by atoms with Gasteiger partial charge >= 0.3 is 0 Å². The average Bonchev–Trinajstić information content (AvgIpc) is 3.42. The molecule has 1 aromatic carbocycles. The first kappa shape index (κ1) is 20.1. The predicted octanol–water partition coefficient (Wildman–Crippen LogP) is -1.63. The number of tetrazole rings is 1. The number of aromatic nitrogens is 4. The lowest BCUT2D eigenvalue weighted by atomic mass is 10.0. The molecule has 2 aliphatic rings. The maximum absolute atomic E-state index is 5.84. The van der Waals surface area contributed by atoms with Crippen molar-refractivity contribution in [2.75, 3.05) is 54.1 Å². The van der Waals surface area contributed by atoms with Crippen molar-refractivity contribution in [1.82, 2.24) is 20.2 Å². The largest absolute Gasteiger partial charge is 0.497 e. The minimum Gasteiger partial charge on any atom is -0.497 e. The molecule has 2 aliphatic heterocycles. The molecule has 9 nitrogen and oxygen atoms in total. The lowest BCUT2D eigenvalue weighted by molar-refractivity contribution is -1.02. The van der Waals surface area contributed by atoms with Crippen LogP contribution in [0.2, 0.25) is 0 Å². The summed E-state index contributed by atoms with van der Waals surface area (Å²) in [4.78, 5) is 3.01. The van der Waals surface area contributed by atoms with Crippen molar-refractivity contribution in [2.45, 2.75) is 31.5 Å². The molecule has 0 saturated carbocycles. The van der Waals surface area contributed by atoms with Crippen LogP contribution in [0, 0.1) is 0 Å². The SMILES string of the molecule is COc1ccc(OC)c([C@@H](c2nnnn2C[C@@H]2CCCO2)[NH+]2CC[NH+](C)CC2)c1. The Kier molecular flexibility index (Phi) is 6.27. The van der Waals surface area contributed by atoms with Crippen molar-refractivity contribution in [1.29, 1.82) is 0 Å². The molecule has 0 bridgehead atoms. The van der Waals surface area contributed by atoms with Gasteiger partial charge in [-0.15, -0.1) is 5.10 Å². The van der Waals surface area contributed by atoms with Gasteiger partial charge in [0.25, 0.3) is 0 Å². The summed E-state index contributed by atoms with van der Waals surface area (Å²) >= 11 is 0. The summed E-state index contributed by atoms with van der Waals surface area (Å²) in [5.41, 5.74) is 1.06. The number of quaternary nitrogens is 2. The Morgan fingerprint density at radius 2 is 2.03 bits per heavy atom. The number of rotatable bonds is 7. The molecule has 3 heterocycles. The molecule has 2 saturated heterocycles. The Balaban J connectivity index is 1.73. The zero-order valence-corrected chi connectivity index (χ0v) is 17.6. The molecule has 0 unspecified atom stereocenters. The number of nitrogens with zero attached hydrogens (tertiary/aromatic N) is 4. The third-order valence-electron chi connectivity index (χ3n) is 6.12. The number of methoxy groups -OCH3 is 2. The minimum absolute atomic E-state index is 0.0236. The van der Waals surface area contributed by atoms with Gasteiger partial charge in [0.2, 0.25) is 5.82 Å². The second-order valence-electron chi connectivity index (χ2n) is 8.01. The highest BCUT2D eigenvalue weighted by Crippen LogP contribution is 2.31. The summed E-state index contributed by atoms with van der Waals surface area (Å²) in [6.07, 6.45) is 2.33. The Morgan fingerprint density at radius 1 is 1.21 bits per heavy atom. The molecule has 29 heavy (non-hydrogen) atoms. The smallest absolute Gasteiger partial charge is 0.214 e. The van der Waals surface area contributed by atoms with Crippen LogP contribution in [0.15, 0.2) is 18.2 Å². The topological polar surface area (TPSA) is 80.2 Å². The van der Waals surface area contributed by atoms with Gasteiger partial charge in [0.05, 0.1) is 39.5 Å². The summed E-state index contributed by atoms with van der Waals surface area (Å²) in [6, 6.07) is 5.94. The van der Waals surface area contributed by atoms with E-state index in [1.54, 1.807) is 19.1 Å². The molecule has 2 fully saturated rings. The van der Waals surface area contributed by atoms with Crippen LogP contribution in [0.5, 0.6) is 11.5 Å². The number of benzene rings is 1. The van der Waals surface area contributed by atoms with E-state index in [1.807, 2.05) is 16.8 Å². The fourth-order valence-electron chi connectivity index (χ4n) is 4.42. The van der Waals surface area contributed by atoms with Crippen molar-refractivity contribution in [2.24, 2.45) is 0 Å². The van der Waals surface area contributed by atoms with Crippen molar-refractivity contribution in [3.63, 3.8) is 0 Å². The van der Waals surface area contributed by atoms with Crippen LogP contribution in [0.3, 0.4) is 0 Å². The molecular formula is C20H32N6O3+2. The van der Waals surface area contributed by atoms with E-state index in [9.17, 15) is 0 Å². The molecule has 0 spiro atoms. The van der Waals surface area contributed by atoms with Crippen LogP contribution in [0.4, 0.5) is 0 Å². The maximum Gasteiger partial charge on any atom is 0.214 e. The van der Waals surface area contributed by atoms with Crippen molar-refractivity contribution in [3.05, 3.63) is 29.6 Å². The fraction of sp³-hybridized carbons (Fsp3) is 0.650. The molecule has 158 valence electrons. The van der Waals surface area contributed by atoms with Gasteiger partial charge in [-0.2, -0.15) is 0 Å². The molecular weight excluding hydrogens is 372 g/mol. The highest BCUT2D eigenvalue weighted by atomic mass is 16.5. The summed E-state index contributed by atoms with van der Waals surface area (Å²) in [7, 11) is 5.65. The summed E-state index contributed by atoms with van der Waals surface area (Å²) < 4.78 is 19.0. The summed E-state index contributed by atoms with van der Waals surface area (Å²) in [5, 5.41) is 12.8. The van der Waals surface area contributed by atoms with Crippen molar-refractivity contribution in [3.8, 4) is 11.5 Å². The van der Waals surface area contributed by atoms with Crippen molar-refractivity contribution >= 4 is 0 Å². The van der Waals surface area contributed by atoms with Crippen LogP contribution in [-0.4, -0.2) is 80.4 Å². The van der Waals surface area contributed by atoms with E-state index in [0.717, 1.165) is 68.5 Å². The first-order chi connectivity index (χ1) is 14.2.